The third kappa shape index (κ3) is 3.38. The number of fused-ring (bicyclic) bond motifs is 1. The van der Waals surface area contributed by atoms with Crippen molar-refractivity contribution in [1.29, 1.82) is 0 Å². The summed E-state index contributed by atoms with van der Waals surface area (Å²) >= 11 is 0. The van der Waals surface area contributed by atoms with Crippen LogP contribution in [0.4, 0.5) is 5.82 Å². The van der Waals surface area contributed by atoms with Crippen LogP contribution in [0, 0.1) is 0 Å². The zero-order chi connectivity index (χ0) is 19.6. The summed E-state index contributed by atoms with van der Waals surface area (Å²) in [4.78, 5) is 8.74. The third-order valence-corrected chi connectivity index (χ3v) is 5.46. The summed E-state index contributed by atoms with van der Waals surface area (Å²) in [5.41, 5.74) is 9.62. The lowest BCUT2D eigenvalue weighted by Gasteiger charge is -2.14. The van der Waals surface area contributed by atoms with Gasteiger partial charge >= 0.3 is 0 Å². The second-order valence-corrected chi connectivity index (χ2v) is 7.34. The molecular formula is C23H21N5O. The SMILES string of the molecule is Nc1ncnc2c(C3CCCC3)nnc(-c3ccc(Oc4ccccc4)cc3)c12. The molecule has 144 valence electrons. The second-order valence-electron chi connectivity index (χ2n) is 7.34. The summed E-state index contributed by atoms with van der Waals surface area (Å²) in [6.45, 7) is 0. The maximum Gasteiger partial charge on any atom is 0.137 e. The fraction of sp³-hybridized carbons (Fsp3) is 0.217. The first-order valence-corrected chi connectivity index (χ1v) is 9.89. The van der Waals surface area contributed by atoms with Crippen LogP contribution in [0.15, 0.2) is 60.9 Å². The summed E-state index contributed by atoms with van der Waals surface area (Å²) in [6, 6.07) is 17.5. The lowest BCUT2D eigenvalue weighted by molar-refractivity contribution is 0.483. The van der Waals surface area contributed by atoms with Gasteiger partial charge in [0.1, 0.15) is 34.9 Å². The van der Waals surface area contributed by atoms with E-state index < -0.39 is 0 Å². The maximum atomic E-state index is 6.25. The summed E-state index contributed by atoms with van der Waals surface area (Å²) in [5, 5.41) is 9.89. The van der Waals surface area contributed by atoms with Crippen LogP contribution in [0.25, 0.3) is 22.2 Å². The zero-order valence-corrected chi connectivity index (χ0v) is 16.0. The Morgan fingerprint density at radius 1 is 0.828 bits per heavy atom. The predicted molar refractivity (Wildman–Crippen MR) is 113 cm³/mol. The molecule has 1 fully saturated rings. The monoisotopic (exact) mass is 383 g/mol. The number of hydrogen-bond acceptors (Lipinski definition) is 6. The molecular weight excluding hydrogens is 362 g/mol. The number of benzene rings is 2. The van der Waals surface area contributed by atoms with Gasteiger partial charge in [0, 0.05) is 11.5 Å². The van der Waals surface area contributed by atoms with Gasteiger partial charge in [0.2, 0.25) is 0 Å². The number of nitrogen functional groups attached to an aromatic ring is 1. The number of rotatable bonds is 4. The van der Waals surface area contributed by atoms with Crippen molar-refractivity contribution in [3.63, 3.8) is 0 Å². The van der Waals surface area contributed by atoms with Crippen LogP contribution in [-0.2, 0) is 0 Å². The van der Waals surface area contributed by atoms with Crippen LogP contribution < -0.4 is 10.5 Å². The van der Waals surface area contributed by atoms with E-state index in [0.29, 0.717) is 17.4 Å². The van der Waals surface area contributed by atoms with Gasteiger partial charge in [-0.3, -0.25) is 0 Å². The molecule has 5 rings (SSSR count). The smallest absolute Gasteiger partial charge is 0.137 e. The van der Waals surface area contributed by atoms with Gasteiger partial charge in [0.05, 0.1) is 11.1 Å². The number of anilines is 1. The number of ether oxygens (including phenoxy) is 1. The molecule has 0 aliphatic heterocycles. The van der Waals surface area contributed by atoms with Gasteiger partial charge in [-0.2, -0.15) is 5.10 Å². The van der Waals surface area contributed by atoms with Crippen LogP contribution in [-0.4, -0.2) is 20.2 Å². The fourth-order valence-electron chi connectivity index (χ4n) is 4.01. The highest BCUT2D eigenvalue weighted by atomic mass is 16.5. The quantitative estimate of drug-likeness (QED) is 0.526. The van der Waals surface area contributed by atoms with Crippen molar-refractivity contribution < 1.29 is 4.74 Å². The zero-order valence-electron chi connectivity index (χ0n) is 16.0. The van der Waals surface area contributed by atoms with Crippen LogP contribution >= 0.6 is 0 Å². The normalized spacial score (nSPS) is 14.3. The average molecular weight is 383 g/mol. The number of nitrogens with two attached hydrogens (primary N) is 1. The Balaban J connectivity index is 1.54. The molecule has 0 radical (unpaired) electrons. The first-order valence-electron chi connectivity index (χ1n) is 9.89. The Labute approximate surface area is 168 Å². The van der Waals surface area contributed by atoms with Crippen LogP contribution in [0.2, 0.25) is 0 Å². The van der Waals surface area contributed by atoms with E-state index in [9.17, 15) is 0 Å². The van der Waals surface area contributed by atoms with Gasteiger partial charge in [-0.25, -0.2) is 9.97 Å². The van der Waals surface area contributed by atoms with Gasteiger partial charge in [-0.15, -0.1) is 5.10 Å². The van der Waals surface area contributed by atoms with Crippen LogP contribution in [0.5, 0.6) is 11.5 Å². The molecule has 1 aliphatic carbocycles. The van der Waals surface area contributed by atoms with E-state index in [1.54, 1.807) is 0 Å². The molecule has 1 aliphatic rings. The van der Waals surface area contributed by atoms with Crippen LogP contribution in [0.3, 0.4) is 0 Å². The van der Waals surface area contributed by atoms with E-state index in [4.69, 9.17) is 10.5 Å². The standard InChI is InChI=1S/C23H21N5O/c24-23-19-20(16-10-12-18(13-11-16)29-17-8-2-1-3-9-17)27-28-21(15-6-4-5-7-15)22(19)25-14-26-23/h1-3,8-15H,4-7H2,(H2,24,25,26). The molecule has 0 amide bonds. The maximum absolute atomic E-state index is 6.25. The van der Waals surface area contributed by atoms with Gasteiger partial charge < -0.3 is 10.5 Å². The first-order chi connectivity index (χ1) is 14.3. The Bertz CT molecular complexity index is 1140. The van der Waals surface area contributed by atoms with Crippen LogP contribution in [0.1, 0.15) is 37.3 Å². The highest BCUT2D eigenvalue weighted by molar-refractivity contribution is 6.00. The molecule has 1 saturated carbocycles. The highest BCUT2D eigenvalue weighted by Crippen LogP contribution is 2.38. The summed E-state index contributed by atoms with van der Waals surface area (Å²) in [6.07, 6.45) is 6.20. The van der Waals surface area contributed by atoms with Crippen molar-refractivity contribution in [2.24, 2.45) is 0 Å². The Kier molecular flexibility index (Phi) is 4.52. The molecule has 6 heteroatoms. The summed E-state index contributed by atoms with van der Waals surface area (Å²) in [5.74, 6) is 2.38. The molecule has 2 heterocycles. The highest BCUT2D eigenvalue weighted by Gasteiger charge is 2.24. The minimum Gasteiger partial charge on any atom is -0.457 e. The number of hydrogen-bond donors (Lipinski definition) is 1. The molecule has 6 nitrogen and oxygen atoms in total. The van der Waals surface area contributed by atoms with Crippen molar-refractivity contribution in [2.45, 2.75) is 31.6 Å². The molecule has 0 bridgehead atoms. The van der Waals surface area contributed by atoms with E-state index in [-0.39, 0.29) is 0 Å². The van der Waals surface area contributed by atoms with Crippen molar-refractivity contribution >= 4 is 16.7 Å². The van der Waals surface area contributed by atoms with E-state index in [2.05, 4.69) is 20.2 Å². The Morgan fingerprint density at radius 3 is 2.31 bits per heavy atom. The molecule has 0 unspecified atom stereocenters. The second kappa shape index (κ2) is 7.47. The summed E-state index contributed by atoms with van der Waals surface area (Å²) in [7, 11) is 0. The van der Waals surface area contributed by atoms with E-state index in [1.807, 2.05) is 54.6 Å². The van der Waals surface area contributed by atoms with Crippen molar-refractivity contribution in [1.82, 2.24) is 20.2 Å². The van der Waals surface area contributed by atoms with E-state index in [0.717, 1.165) is 46.5 Å². The van der Waals surface area contributed by atoms with E-state index >= 15 is 0 Å². The lowest BCUT2D eigenvalue weighted by atomic mass is 9.99. The minimum atomic E-state index is 0.398. The van der Waals surface area contributed by atoms with Crippen molar-refractivity contribution in [2.75, 3.05) is 5.73 Å². The van der Waals surface area contributed by atoms with Gasteiger partial charge in [-0.05, 0) is 49.2 Å². The number of nitrogens with zero attached hydrogens (tertiary/aromatic N) is 4. The topological polar surface area (TPSA) is 86.8 Å². The van der Waals surface area contributed by atoms with Crippen molar-refractivity contribution in [3.05, 3.63) is 66.6 Å². The summed E-state index contributed by atoms with van der Waals surface area (Å²) < 4.78 is 5.88. The van der Waals surface area contributed by atoms with E-state index in [1.165, 1.54) is 19.2 Å². The molecule has 0 atom stereocenters. The third-order valence-electron chi connectivity index (χ3n) is 5.46. The molecule has 2 aromatic carbocycles. The fourth-order valence-corrected chi connectivity index (χ4v) is 4.01. The number of aromatic nitrogens is 4. The Morgan fingerprint density at radius 2 is 1.55 bits per heavy atom. The lowest BCUT2D eigenvalue weighted by Crippen LogP contribution is -2.06. The molecule has 2 aromatic heterocycles. The van der Waals surface area contributed by atoms with Gasteiger partial charge in [0.25, 0.3) is 0 Å². The van der Waals surface area contributed by atoms with Crippen molar-refractivity contribution in [3.8, 4) is 22.8 Å². The first kappa shape index (κ1) is 17.6. The molecule has 29 heavy (non-hydrogen) atoms. The Hall–Kier alpha value is -3.54. The van der Waals surface area contributed by atoms with Gasteiger partial charge in [0.15, 0.2) is 0 Å². The minimum absolute atomic E-state index is 0.398. The largest absolute Gasteiger partial charge is 0.457 e. The van der Waals surface area contributed by atoms with Gasteiger partial charge in [-0.1, -0.05) is 31.0 Å². The average Bonchev–Trinajstić information content (AvgIpc) is 3.29. The number of para-hydroxylation sites is 1. The molecule has 4 aromatic rings. The molecule has 0 spiro atoms. The molecule has 2 N–H and O–H groups in total. The molecule has 0 saturated heterocycles. The predicted octanol–water partition coefficient (Wildman–Crippen LogP) is 5.12.